The molecular weight excluding hydrogens is 398 g/mol. The molecule has 8 heteroatoms. The fourth-order valence-corrected chi connectivity index (χ4v) is 3.81. The van der Waals surface area contributed by atoms with E-state index < -0.39 is 0 Å². The van der Waals surface area contributed by atoms with Crippen LogP contribution in [-0.2, 0) is 18.8 Å². The van der Waals surface area contributed by atoms with Gasteiger partial charge in [0.2, 0.25) is 0 Å². The van der Waals surface area contributed by atoms with E-state index in [1.165, 1.54) is 17.3 Å². The van der Waals surface area contributed by atoms with E-state index in [-0.39, 0.29) is 5.91 Å². The van der Waals surface area contributed by atoms with Gasteiger partial charge in [-0.05, 0) is 30.2 Å². The smallest absolute Gasteiger partial charge is 0.254 e. The number of hydrogen-bond acceptors (Lipinski definition) is 6. The topological polar surface area (TPSA) is 85.8 Å². The van der Waals surface area contributed by atoms with Crippen molar-refractivity contribution in [1.82, 2.24) is 25.0 Å². The molecule has 0 aliphatic rings. The standard InChI is InChI=1S/C22H21N5O2S/c1-16-11-19(26-29-16)14-30-22-20(3-2-8-24-22)21(28)25-12-17-4-6-18(7-5-17)13-27-10-9-23-15-27/h2-11,15H,12-14H2,1H3,(H,25,28). The van der Waals surface area contributed by atoms with Crippen LogP contribution in [-0.4, -0.2) is 25.6 Å². The first-order chi connectivity index (χ1) is 14.7. The molecule has 1 N–H and O–H groups in total. The maximum absolute atomic E-state index is 12.7. The van der Waals surface area contributed by atoms with Crippen LogP contribution in [0.2, 0.25) is 0 Å². The van der Waals surface area contributed by atoms with E-state index in [2.05, 4.69) is 32.6 Å². The number of thioether (sulfide) groups is 1. The number of carbonyl (C=O) groups excluding carboxylic acids is 1. The summed E-state index contributed by atoms with van der Waals surface area (Å²) < 4.78 is 7.10. The summed E-state index contributed by atoms with van der Waals surface area (Å²) in [6.45, 7) is 3.07. The Hall–Kier alpha value is -3.39. The van der Waals surface area contributed by atoms with Crippen molar-refractivity contribution >= 4 is 17.7 Å². The predicted molar refractivity (Wildman–Crippen MR) is 114 cm³/mol. The Morgan fingerprint density at radius 3 is 2.73 bits per heavy atom. The molecule has 0 bridgehead atoms. The molecule has 0 fully saturated rings. The third-order valence-corrected chi connectivity index (χ3v) is 5.49. The minimum absolute atomic E-state index is 0.149. The van der Waals surface area contributed by atoms with E-state index in [0.717, 1.165) is 23.6 Å². The summed E-state index contributed by atoms with van der Waals surface area (Å²) in [5.74, 6) is 1.21. The van der Waals surface area contributed by atoms with Crippen molar-refractivity contribution in [3.63, 3.8) is 0 Å². The van der Waals surface area contributed by atoms with Gasteiger partial charge in [0.05, 0.1) is 17.6 Å². The first-order valence-corrected chi connectivity index (χ1v) is 10.5. The third-order valence-electron chi connectivity index (χ3n) is 4.45. The van der Waals surface area contributed by atoms with Crippen LogP contribution in [0, 0.1) is 6.92 Å². The summed E-state index contributed by atoms with van der Waals surface area (Å²) in [4.78, 5) is 21.1. The fraction of sp³-hybridized carbons (Fsp3) is 0.182. The fourth-order valence-electron chi connectivity index (χ4n) is 2.94. The molecule has 0 spiro atoms. The number of nitrogens with zero attached hydrogens (tertiary/aromatic N) is 4. The monoisotopic (exact) mass is 419 g/mol. The number of carbonyl (C=O) groups is 1. The van der Waals surface area contributed by atoms with Crippen LogP contribution < -0.4 is 5.32 Å². The number of aromatic nitrogens is 4. The molecule has 1 amide bonds. The lowest BCUT2D eigenvalue weighted by Crippen LogP contribution is -2.23. The van der Waals surface area contributed by atoms with Crippen LogP contribution in [0.15, 0.2) is 76.9 Å². The van der Waals surface area contributed by atoms with Gasteiger partial charge in [-0.2, -0.15) is 0 Å². The third kappa shape index (κ3) is 5.15. The van der Waals surface area contributed by atoms with Gasteiger partial charge in [0.25, 0.3) is 5.91 Å². The van der Waals surface area contributed by atoms with Crippen molar-refractivity contribution in [2.75, 3.05) is 0 Å². The van der Waals surface area contributed by atoms with E-state index in [9.17, 15) is 4.79 Å². The van der Waals surface area contributed by atoms with E-state index >= 15 is 0 Å². The summed E-state index contributed by atoms with van der Waals surface area (Å²) >= 11 is 1.47. The maximum atomic E-state index is 12.7. The quantitative estimate of drug-likeness (QED) is 0.437. The highest BCUT2D eigenvalue weighted by molar-refractivity contribution is 7.98. The van der Waals surface area contributed by atoms with Crippen molar-refractivity contribution in [3.05, 3.63) is 95.5 Å². The SMILES string of the molecule is Cc1cc(CSc2ncccc2C(=O)NCc2ccc(Cn3ccnc3)cc2)no1. The van der Waals surface area contributed by atoms with Gasteiger partial charge >= 0.3 is 0 Å². The molecule has 152 valence electrons. The Morgan fingerprint density at radius 1 is 1.17 bits per heavy atom. The minimum Gasteiger partial charge on any atom is -0.361 e. The highest BCUT2D eigenvalue weighted by Gasteiger charge is 2.13. The van der Waals surface area contributed by atoms with Gasteiger partial charge in [0, 0.05) is 43.5 Å². The number of pyridine rings is 1. The van der Waals surface area contributed by atoms with Gasteiger partial charge in [-0.3, -0.25) is 4.79 Å². The molecule has 3 heterocycles. The molecule has 4 rings (SSSR count). The first-order valence-electron chi connectivity index (χ1n) is 9.49. The molecule has 4 aromatic rings. The molecule has 0 radical (unpaired) electrons. The molecule has 7 nitrogen and oxygen atoms in total. The lowest BCUT2D eigenvalue weighted by molar-refractivity contribution is 0.0947. The lowest BCUT2D eigenvalue weighted by atomic mass is 10.1. The Kier molecular flexibility index (Phi) is 6.24. The highest BCUT2D eigenvalue weighted by Crippen LogP contribution is 2.24. The second-order valence-electron chi connectivity index (χ2n) is 6.81. The van der Waals surface area contributed by atoms with Gasteiger partial charge in [-0.25, -0.2) is 9.97 Å². The number of nitrogens with one attached hydrogen (secondary N) is 1. The van der Waals surface area contributed by atoms with Gasteiger partial charge in [0.15, 0.2) is 0 Å². The molecule has 0 saturated heterocycles. The van der Waals surface area contributed by atoms with E-state index in [0.29, 0.717) is 22.9 Å². The van der Waals surface area contributed by atoms with Gasteiger partial charge < -0.3 is 14.4 Å². The van der Waals surface area contributed by atoms with Crippen molar-refractivity contribution in [3.8, 4) is 0 Å². The molecule has 0 unspecified atom stereocenters. The van der Waals surface area contributed by atoms with Gasteiger partial charge in [0.1, 0.15) is 10.8 Å². The second-order valence-corrected chi connectivity index (χ2v) is 7.77. The Balaban J connectivity index is 1.34. The van der Waals surface area contributed by atoms with Crippen LogP contribution >= 0.6 is 11.8 Å². The molecule has 3 aromatic heterocycles. The molecule has 1 aromatic carbocycles. The highest BCUT2D eigenvalue weighted by atomic mass is 32.2. The zero-order valence-electron chi connectivity index (χ0n) is 16.5. The average Bonchev–Trinajstić information content (AvgIpc) is 3.43. The largest absolute Gasteiger partial charge is 0.361 e. The average molecular weight is 420 g/mol. The Bertz CT molecular complexity index is 1110. The number of imidazole rings is 1. The normalized spacial score (nSPS) is 10.8. The molecule has 0 saturated carbocycles. The maximum Gasteiger partial charge on any atom is 0.254 e. The van der Waals surface area contributed by atoms with Crippen LogP contribution in [0.1, 0.15) is 32.9 Å². The number of benzene rings is 1. The Morgan fingerprint density at radius 2 is 2.00 bits per heavy atom. The number of aryl methyl sites for hydroxylation is 1. The minimum atomic E-state index is -0.149. The number of amides is 1. The lowest BCUT2D eigenvalue weighted by Gasteiger charge is -2.09. The van der Waals surface area contributed by atoms with Crippen molar-refractivity contribution < 1.29 is 9.32 Å². The summed E-state index contributed by atoms with van der Waals surface area (Å²) in [6, 6.07) is 13.6. The molecular formula is C22H21N5O2S. The van der Waals surface area contributed by atoms with Crippen LogP contribution in [0.25, 0.3) is 0 Å². The van der Waals surface area contributed by atoms with Crippen LogP contribution in [0.4, 0.5) is 0 Å². The summed E-state index contributed by atoms with van der Waals surface area (Å²) in [5.41, 5.74) is 3.59. The molecule has 0 atom stereocenters. The van der Waals surface area contributed by atoms with Crippen molar-refractivity contribution in [1.29, 1.82) is 0 Å². The summed E-state index contributed by atoms with van der Waals surface area (Å²) in [5, 5.41) is 7.64. The first kappa shape index (κ1) is 19.9. The molecule has 30 heavy (non-hydrogen) atoms. The van der Waals surface area contributed by atoms with Crippen molar-refractivity contribution in [2.45, 2.75) is 30.8 Å². The Labute approximate surface area is 178 Å². The van der Waals surface area contributed by atoms with Crippen LogP contribution in [0.3, 0.4) is 0 Å². The predicted octanol–water partition coefficient (Wildman–Crippen LogP) is 3.85. The molecule has 0 aliphatic carbocycles. The summed E-state index contributed by atoms with van der Waals surface area (Å²) in [6.07, 6.45) is 7.18. The van der Waals surface area contributed by atoms with Crippen molar-refractivity contribution in [2.24, 2.45) is 0 Å². The summed E-state index contributed by atoms with van der Waals surface area (Å²) in [7, 11) is 0. The van der Waals surface area contributed by atoms with Gasteiger partial charge in [-0.1, -0.05) is 41.2 Å². The van der Waals surface area contributed by atoms with Gasteiger partial charge in [-0.15, -0.1) is 0 Å². The number of hydrogen-bond donors (Lipinski definition) is 1. The molecule has 0 aliphatic heterocycles. The van der Waals surface area contributed by atoms with Crippen LogP contribution in [0.5, 0.6) is 0 Å². The second kappa shape index (κ2) is 9.41. The zero-order valence-corrected chi connectivity index (χ0v) is 17.3. The van der Waals surface area contributed by atoms with E-state index in [1.807, 2.05) is 35.9 Å². The zero-order chi connectivity index (χ0) is 20.8. The number of rotatable bonds is 8. The van der Waals surface area contributed by atoms with E-state index in [4.69, 9.17) is 4.52 Å². The van der Waals surface area contributed by atoms with E-state index in [1.54, 1.807) is 30.9 Å².